The summed E-state index contributed by atoms with van der Waals surface area (Å²) in [6.07, 6.45) is 10.9. The van der Waals surface area contributed by atoms with Gasteiger partial charge in [0, 0.05) is 18.9 Å². The number of hydrogen-bond acceptors (Lipinski definition) is 2. The van der Waals surface area contributed by atoms with Gasteiger partial charge in [0.1, 0.15) is 0 Å². The molecule has 1 aromatic rings. The van der Waals surface area contributed by atoms with E-state index in [9.17, 15) is 0 Å². The Morgan fingerprint density at radius 2 is 2.07 bits per heavy atom. The van der Waals surface area contributed by atoms with Crippen LogP contribution in [0.5, 0.6) is 0 Å². The van der Waals surface area contributed by atoms with E-state index in [0.717, 1.165) is 12.5 Å². The Labute approximate surface area is 92.1 Å². The molecule has 2 rings (SSSR count). The lowest BCUT2D eigenvalue weighted by Crippen LogP contribution is -2.17. The SMILES string of the molecule is Cc1cncc(NCC2CCCCC2)c1. The standard InChI is InChI=1S/C13H20N2/c1-11-7-13(10-14-8-11)15-9-12-5-3-2-4-6-12/h7-8,10,12,15H,2-6,9H2,1H3. The molecular formula is C13H20N2. The Kier molecular flexibility index (Phi) is 3.59. The van der Waals surface area contributed by atoms with Crippen molar-refractivity contribution in [1.82, 2.24) is 4.98 Å². The minimum absolute atomic E-state index is 0.874. The highest BCUT2D eigenvalue weighted by atomic mass is 14.9. The number of nitrogens with zero attached hydrogens (tertiary/aromatic N) is 1. The van der Waals surface area contributed by atoms with Crippen molar-refractivity contribution in [2.24, 2.45) is 5.92 Å². The Morgan fingerprint density at radius 1 is 1.27 bits per heavy atom. The lowest BCUT2D eigenvalue weighted by Gasteiger charge is -2.22. The molecule has 2 heteroatoms. The van der Waals surface area contributed by atoms with Crippen LogP contribution in [0.1, 0.15) is 37.7 Å². The normalized spacial score (nSPS) is 17.7. The minimum atomic E-state index is 0.874. The van der Waals surface area contributed by atoms with Gasteiger partial charge in [-0.25, -0.2) is 0 Å². The van der Waals surface area contributed by atoms with Gasteiger partial charge in [-0.3, -0.25) is 4.98 Å². The zero-order valence-corrected chi connectivity index (χ0v) is 9.50. The molecule has 0 saturated heterocycles. The van der Waals surface area contributed by atoms with Crippen LogP contribution in [0.15, 0.2) is 18.5 Å². The highest BCUT2D eigenvalue weighted by Gasteiger charge is 2.12. The van der Waals surface area contributed by atoms with E-state index in [0.29, 0.717) is 0 Å². The molecular weight excluding hydrogens is 184 g/mol. The molecule has 15 heavy (non-hydrogen) atoms. The number of pyridine rings is 1. The van der Waals surface area contributed by atoms with E-state index in [1.54, 1.807) is 0 Å². The molecule has 0 aromatic carbocycles. The van der Waals surface area contributed by atoms with Gasteiger partial charge in [-0.2, -0.15) is 0 Å². The van der Waals surface area contributed by atoms with E-state index in [4.69, 9.17) is 0 Å². The summed E-state index contributed by atoms with van der Waals surface area (Å²) in [7, 11) is 0. The van der Waals surface area contributed by atoms with Crippen molar-refractivity contribution in [3.8, 4) is 0 Å². The molecule has 1 heterocycles. The van der Waals surface area contributed by atoms with Gasteiger partial charge in [-0.15, -0.1) is 0 Å². The first kappa shape index (κ1) is 10.5. The molecule has 1 aromatic heterocycles. The Hall–Kier alpha value is -1.05. The summed E-state index contributed by atoms with van der Waals surface area (Å²) in [5.41, 5.74) is 2.39. The minimum Gasteiger partial charge on any atom is -0.384 e. The summed E-state index contributed by atoms with van der Waals surface area (Å²) in [5, 5.41) is 3.49. The molecule has 0 atom stereocenters. The molecule has 0 amide bonds. The molecule has 1 N–H and O–H groups in total. The van der Waals surface area contributed by atoms with Crippen molar-refractivity contribution in [3.63, 3.8) is 0 Å². The van der Waals surface area contributed by atoms with E-state index in [2.05, 4.69) is 23.3 Å². The summed E-state index contributed by atoms with van der Waals surface area (Å²) in [6, 6.07) is 2.16. The summed E-state index contributed by atoms with van der Waals surface area (Å²) < 4.78 is 0. The number of rotatable bonds is 3. The molecule has 1 aliphatic carbocycles. The smallest absolute Gasteiger partial charge is 0.0529 e. The van der Waals surface area contributed by atoms with Crippen LogP contribution in [0.4, 0.5) is 5.69 Å². The molecule has 0 bridgehead atoms. The number of aromatic nitrogens is 1. The number of aryl methyl sites for hydroxylation is 1. The highest BCUT2D eigenvalue weighted by Crippen LogP contribution is 2.23. The second kappa shape index (κ2) is 5.15. The largest absolute Gasteiger partial charge is 0.384 e. The summed E-state index contributed by atoms with van der Waals surface area (Å²) in [5.74, 6) is 0.874. The van der Waals surface area contributed by atoms with Crippen molar-refractivity contribution in [1.29, 1.82) is 0 Å². The van der Waals surface area contributed by atoms with Crippen LogP contribution >= 0.6 is 0 Å². The van der Waals surface area contributed by atoms with Gasteiger partial charge in [0.15, 0.2) is 0 Å². The van der Waals surface area contributed by atoms with Gasteiger partial charge in [0.25, 0.3) is 0 Å². The zero-order valence-electron chi connectivity index (χ0n) is 9.50. The number of anilines is 1. The third-order valence-electron chi connectivity index (χ3n) is 3.19. The van der Waals surface area contributed by atoms with Gasteiger partial charge >= 0.3 is 0 Å². The van der Waals surface area contributed by atoms with Crippen LogP contribution in [0.25, 0.3) is 0 Å². The molecule has 0 aliphatic heterocycles. The third-order valence-corrected chi connectivity index (χ3v) is 3.19. The lowest BCUT2D eigenvalue weighted by atomic mass is 9.89. The van der Waals surface area contributed by atoms with Crippen molar-refractivity contribution in [2.45, 2.75) is 39.0 Å². The summed E-state index contributed by atoms with van der Waals surface area (Å²) >= 11 is 0. The van der Waals surface area contributed by atoms with E-state index < -0.39 is 0 Å². The molecule has 0 radical (unpaired) electrons. The maximum atomic E-state index is 4.19. The van der Waals surface area contributed by atoms with Crippen LogP contribution in [0.2, 0.25) is 0 Å². The van der Waals surface area contributed by atoms with Crippen molar-refractivity contribution >= 4 is 5.69 Å². The highest BCUT2D eigenvalue weighted by molar-refractivity contribution is 5.42. The van der Waals surface area contributed by atoms with Crippen molar-refractivity contribution in [3.05, 3.63) is 24.0 Å². The van der Waals surface area contributed by atoms with Crippen LogP contribution in [0, 0.1) is 12.8 Å². The van der Waals surface area contributed by atoms with Gasteiger partial charge < -0.3 is 5.32 Å². The molecule has 1 fully saturated rings. The molecule has 1 saturated carbocycles. The van der Waals surface area contributed by atoms with E-state index in [1.807, 2.05) is 12.4 Å². The van der Waals surface area contributed by atoms with Crippen molar-refractivity contribution < 1.29 is 0 Å². The van der Waals surface area contributed by atoms with Crippen LogP contribution < -0.4 is 5.32 Å². The molecule has 82 valence electrons. The first-order chi connectivity index (χ1) is 7.34. The first-order valence-corrected chi connectivity index (χ1v) is 6.00. The van der Waals surface area contributed by atoms with E-state index in [1.165, 1.54) is 43.4 Å². The van der Waals surface area contributed by atoms with E-state index in [-0.39, 0.29) is 0 Å². The van der Waals surface area contributed by atoms with Crippen LogP contribution in [-0.4, -0.2) is 11.5 Å². The predicted molar refractivity (Wildman–Crippen MR) is 64.0 cm³/mol. The fourth-order valence-electron chi connectivity index (χ4n) is 2.31. The molecule has 0 unspecified atom stereocenters. The summed E-state index contributed by atoms with van der Waals surface area (Å²) in [6.45, 7) is 3.20. The van der Waals surface area contributed by atoms with Crippen LogP contribution in [-0.2, 0) is 0 Å². The third kappa shape index (κ3) is 3.22. The lowest BCUT2D eigenvalue weighted by molar-refractivity contribution is 0.373. The second-order valence-corrected chi connectivity index (χ2v) is 4.64. The number of hydrogen-bond donors (Lipinski definition) is 1. The van der Waals surface area contributed by atoms with Gasteiger partial charge in [-0.1, -0.05) is 19.3 Å². The van der Waals surface area contributed by atoms with Gasteiger partial charge in [0.2, 0.25) is 0 Å². The average molecular weight is 204 g/mol. The maximum absolute atomic E-state index is 4.19. The quantitative estimate of drug-likeness (QED) is 0.816. The molecule has 1 aliphatic rings. The zero-order chi connectivity index (χ0) is 10.5. The Balaban J connectivity index is 1.81. The van der Waals surface area contributed by atoms with Gasteiger partial charge in [-0.05, 0) is 37.3 Å². The topological polar surface area (TPSA) is 24.9 Å². The molecule has 2 nitrogen and oxygen atoms in total. The number of nitrogens with one attached hydrogen (secondary N) is 1. The maximum Gasteiger partial charge on any atom is 0.0529 e. The van der Waals surface area contributed by atoms with E-state index >= 15 is 0 Å². The summed E-state index contributed by atoms with van der Waals surface area (Å²) in [4.78, 5) is 4.19. The fourth-order valence-corrected chi connectivity index (χ4v) is 2.31. The first-order valence-electron chi connectivity index (χ1n) is 6.00. The Bertz CT molecular complexity index is 303. The fraction of sp³-hybridized carbons (Fsp3) is 0.615. The second-order valence-electron chi connectivity index (χ2n) is 4.64. The van der Waals surface area contributed by atoms with Gasteiger partial charge in [0.05, 0.1) is 5.69 Å². The molecule has 0 spiro atoms. The van der Waals surface area contributed by atoms with Crippen molar-refractivity contribution in [2.75, 3.05) is 11.9 Å². The van der Waals surface area contributed by atoms with Crippen LogP contribution in [0.3, 0.4) is 0 Å². The monoisotopic (exact) mass is 204 g/mol. The average Bonchev–Trinajstić information content (AvgIpc) is 2.28. The Morgan fingerprint density at radius 3 is 2.80 bits per heavy atom. The predicted octanol–water partition coefficient (Wildman–Crippen LogP) is 3.38.